The average molecular weight is 205 g/mol. The number of carboxylic acids is 1. The predicted molar refractivity (Wildman–Crippen MR) is 48.0 cm³/mol. The molecule has 0 saturated heterocycles. The van der Waals surface area contributed by atoms with Crippen molar-refractivity contribution in [2.24, 2.45) is 5.73 Å². The van der Waals surface area contributed by atoms with E-state index in [0.29, 0.717) is 0 Å². The van der Waals surface area contributed by atoms with E-state index in [-0.39, 0.29) is 42.1 Å². The Morgan fingerprint density at radius 3 is 2.33 bits per heavy atom. The van der Waals surface area contributed by atoms with Gasteiger partial charge < -0.3 is 15.7 Å². The fraction of sp³-hybridized carbons (Fsp3) is 0.800. The molecular weight excluding hydrogens is 192 g/mol. The van der Waals surface area contributed by atoms with Crippen molar-refractivity contribution >= 4 is 42.9 Å². The Kier molecular flexibility index (Phi) is 7.72. The molecule has 5 nitrogen and oxygen atoms in total. The molecule has 0 saturated carbocycles. The first-order valence-corrected chi connectivity index (χ1v) is 5.40. The Morgan fingerprint density at radius 2 is 2.08 bits per heavy atom. The van der Waals surface area contributed by atoms with Crippen molar-refractivity contribution in [3.05, 3.63) is 0 Å². The van der Waals surface area contributed by atoms with E-state index in [9.17, 15) is 9.36 Å². The van der Waals surface area contributed by atoms with Crippen molar-refractivity contribution in [2.45, 2.75) is 12.5 Å². The minimum absolute atomic E-state index is 0. The van der Waals surface area contributed by atoms with Crippen molar-refractivity contribution in [1.82, 2.24) is 0 Å². The summed E-state index contributed by atoms with van der Waals surface area (Å²) in [6, 6.07) is -1.03. The van der Waals surface area contributed by atoms with Crippen LogP contribution < -0.4 is 5.73 Å². The summed E-state index contributed by atoms with van der Waals surface area (Å²) in [5, 5.41) is 8.28. The van der Waals surface area contributed by atoms with Gasteiger partial charge in [0.05, 0.1) is 0 Å². The van der Waals surface area contributed by atoms with Crippen LogP contribution in [0.4, 0.5) is 0 Å². The summed E-state index contributed by atoms with van der Waals surface area (Å²) in [6.45, 7) is 1.18. The van der Waals surface area contributed by atoms with Crippen molar-refractivity contribution in [3.8, 4) is 0 Å². The normalized spacial score (nSPS) is 17.2. The second kappa shape index (κ2) is 6.13. The Bertz CT molecular complexity index is 192. The maximum atomic E-state index is 10.6. The Morgan fingerprint density at radius 1 is 1.67 bits per heavy atom. The molecule has 0 fully saturated rings. The van der Waals surface area contributed by atoms with Gasteiger partial charge in [-0.3, -0.25) is 9.36 Å². The van der Waals surface area contributed by atoms with E-state index in [0.717, 1.165) is 0 Å². The molecule has 0 bridgehead atoms. The molecule has 0 aromatic heterocycles. The van der Waals surface area contributed by atoms with Crippen molar-refractivity contribution in [3.63, 3.8) is 0 Å². The van der Waals surface area contributed by atoms with Gasteiger partial charge in [-0.25, -0.2) is 0 Å². The third-order valence-corrected chi connectivity index (χ3v) is 2.26. The van der Waals surface area contributed by atoms with Crippen LogP contribution in [0.15, 0.2) is 0 Å². The molecule has 2 atom stereocenters. The summed E-state index contributed by atoms with van der Waals surface area (Å²) in [7, 11) is -3.10. The van der Waals surface area contributed by atoms with Gasteiger partial charge in [0, 0.05) is 12.8 Å². The molecule has 0 spiro atoms. The molecule has 0 aliphatic rings. The molecule has 0 amide bonds. The Balaban J connectivity index is 0. The van der Waals surface area contributed by atoms with E-state index >= 15 is 0 Å². The summed E-state index contributed by atoms with van der Waals surface area (Å²) < 4.78 is 10.6. The first-order chi connectivity index (χ1) is 4.83. The zero-order valence-electron chi connectivity index (χ0n) is 6.23. The number of rotatable bonds is 4. The van der Waals surface area contributed by atoms with Gasteiger partial charge in [0.15, 0.2) is 7.37 Å². The van der Waals surface area contributed by atoms with Crippen LogP contribution in [0.3, 0.4) is 0 Å². The SMILES string of the molecule is CP(=O)(O)CC[C@H](N)C(=O)O.[NaH]. The number of carboxylic acid groups (broad SMARTS) is 1. The monoisotopic (exact) mass is 205 g/mol. The van der Waals surface area contributed by atoms with Gasteiger partial charge in [-0.2, -0.15) is 0 Å². The molecule has 0 aromatic carbocycles. The molecule has 0 radical (unpaired) electrons. The summed E-state index contributed by atoms with van der Waals surface area (Å²) >= 11 is 0. The van der Waals surface area contributed by atoms with Gasteiger partial charge in [0.2, 0.25) is 0 Å². The van der Waals surface area contributed by atoms with E-state index in [4.69, 9.17) is 15.7 Å². The van der Waals surface area contributed by atoms with Crippen LogP contribution >= 0.6 is 7.37 Å². The Labute approximate surface area is 93.1 Å². The minimum atomic E-state index is -3.10. The number of aliphatic carboxylic acids is 1. The van der Waals surface area contributed by atoms with Crippen LogP contribution in [-0.4, -0.2) is 64.4 Å². The summed E-state index contributed by atoms with van der Waals surface area (Å²) in [5.41, 5.74) is 5.09. The third kappa shape index (κ3) is 8.71. The van der Waals surface area contributed by atoms with Crippen molar-refractivity contribution in [2.75, 3.05) is 12.8 Å². The molecule has 0 aromatic rings. The van der Waals surface area contributed by atoms with Gasteiger partial charge in [-0.15, -0.1) is 0 Å². The second-order valence-electron chi connectivity index (χ2n) is 2.51. The second-order valence-corrected chi connectivity index (χ2v) is 5.06. The van der Waals surface area contributed by atoms with Gasteiger partial charge in [0.1, 0.15) is 6.04 Å². The van der Waals surface area contributed by atoms with Crippen molar-refractivity contribution in [1.29, 1.82) is 0 Å². The fourth-order valence-electron chi connectivity index (χ4n) is 0.502. The topological polar surface area (TPSA) is 101 Å². The molecular formula is C5H13NNaO4P. The number of nitrogens with two attached hydrogens (primary N) is 1. The molecule has 0 heterocycles. The predicted octanol–water partition coefficient (Wildman–Crippen LogP) is -0.960. The van der Waals surface area contributed by atoms with E-state index in [1.165, 1.54) is 6.66 Å². The van der Waals surface area contributed by atoms with Crippen LogP contribution in [0.25, 0.3) is 0 Å². The van der Waals surface area contributed by atoms with Crippen LogP contribution in [0.5, 0.6) is 0 Å². The molecule has 1 unspecified atom stereocenters. The van der Waals surface area contributed by atoms with Gasteiger partial charge >= 0.3 is 35.5 Å². The fourth-order valence-corrected chi connectivity index (χ4v) is 1.26. The zero-order chi connectivity index (χ0) is 9.07. The van der Waals surface area contributed by atoms with E-state index in [1.54, 1.807) is 0 Å². The molecule has 0 aliphatic carbocycles. The average Bonchev–Trinajstić information content (AvgIpc) is 1.80. The Hall–Kier alpha value is 0.620. The first kappa shape index (κ1) is 15.1. The van der Waals surface area contributed by atoms with E-state index < -0.39 is 19.4 Å². The van der Waals surface area contributed by atoms with E-state index in [2.05, 4.69) is 0 Å². The van der Waals surface area contributed by atoms with Crippen LogP contribution in [-0.2, 0) is 9.36 Å². The van der Waals surface area contributed by atoms with Gasteiger partial charge in [-0.1, -0.05) is 0 Å². The van der Waals surface area contributed by atoms with E-state index in [1.807, 2.05) is 0 Å². The van der Waals surface area contributed by atoms with Crippen molar-refractivity contribution < 1.29 is 19.4 Å². The van der Waals surface area contributed by atoms with Crippen LogP contribution in [0, 0.1) is 0 Å². The molecule has 12 heavy (non-hydrogen) atoms. The zero-order valence-corrected chi connectivity index (χ0v) is 7.12. The van der Waals surface area contributed by atoms with Crippen LogP contribution in [0.2, 0.25) is 0 Å². The van der Waals surface area contributed by atoms with Gasteiger partial charge in [0.25, 0.3) is 0 Å². The molecule has 7 heteroatoms. The molecule has 0 rings (SSSR count). The maximum absolute atomic E-state index is 10.6. The first-order valence-electron chi connectivity index (χ1n) is 3.10. The third-order valence-electron chi connectivity index (χ3n) is 1.17. The number of carbonyl (C=O) groups is 1. The number of hydrogen-bond donors (Lipinski definition) is 3. The molecule has 0 aliphatic heterocycles. The quantitative estimate of drug-likeness (QED) is 0.405. The molecule has 4 N–H and O–H groups in total. The van der Waals surface area contributed by atoms with Gasteiger partial charge in [-0.05, 0) is 6.42 Å². The van der Waals surface area contributed by atoms with Crippen LogP contribution in [0.1, 0.15) is 6.42 Å². The summed E-state index contributed by atoms with van der Waals surface area (Å²) in [4.78, 5) is 18.9. The molecule has 68 valence electrons. The summed E-state index contributed by atoms with van der Waals surface area (Å²) in [6.07, 6.45) is 0.0000772. The summed E-state index contributed by atoms with van der Waals surface area (Å²) in [5.74, 6) is -1.14. The standard InChI is InChI=1S/C5H12NO4P.Na.H/c1-11(9,10)3-2-4(6)5(7)8;;/h4H,2-3,6H2,1H3,(H,7,8)(H,9,10);;/t4-;;/m0../s1. The number of hydrogen-bond acceptors (Lipinski definition) is 3.